The molecule has 1 heterocycles. The predicted molar refractivity (Wildman–Crippen MR) is 92.6 cm³/mol. The highest BCUT2D eigenvalue weighted by Crippen LogP contribution is 2.38. The first-order valence-corrected chi connectivity index (χ1v) is 8.71. The average Bonchev–Trinajstić information content (AvgIpc) is 2.42. The Balaban J connectivity index is 2.05. The van der Waals surface area contributed by atoms with E-state index in [9.17, 15) is 22.8 Å². The predicted octanol–water partition coefficient (Wildman–Crippen LogP) is 4.22. The average molecular weight is 408 g/mol. The number of ether oxygens (including phenoxy) is 1. The minimum absolute atomic E-state index is 0.00579. The Bertz CT molecular complexity index is 737. The van der Waals surface area contributed by atoms with Crippen LogP contribution in [0.5, 0.6) is 0 Å². The van der Waals surface area contributed by atoms with Gasteiger partial charge in [0.05, 0.1) is 17.5 Å². The minimum Gasteiger partial charge on any atom is -0.478 e. The highest BCUT2D eigenvalue weighted by Gasteiger charge is 2.37. The SMILES string of the molecule is CC(C)(C)OC(=O)CC1CN(Cc2c(Cl)cc(C(=O)O)cc2C(F)(F)F)C1. The van der Waals surface area contributed by atoms with Gasteiger partial charge in [0, 0.05) is 24.7 Å². The molecule has 1 N–H and O–H groups in total. The van der Waals surface area contributed by atoms with Crippen LogP contribution < -0.4 is 0 Å². The van der Waals surface area contributed by atoms with Crippen molar-refractivity contribution in [3.05, 3.63) is 33.8 Å². The molecule has 0 bridgehead atoms. The summed E-state index contributed by atoms with van der Waals surface area (Å²) in [6.07, 6.45) is -4.52. The second-order valence-corrected chi connectivity index (χ2v) is 8.04. The molecule has 1 aliphatic rings. The zero-order valence-corrected chi connectivity index (χ0v) is 15.9. The Morgan fingerprint density at radius 1 is 1.26 bits per heavy atom. The summed E-state index contributed by atoms with van der Waals surface area (Å²) in [4.78, 5) is 24.5. The standard InChI is InChI=1S/C18H21ClF3NO4/c1-17(2,3)27-15(24)4-10-7-23(8-10)9-12-13(18(20,21)22)5-11(16(25)26)6-14(12)19/h5-6,10H,4,7-9H2,1-3H3,(H,25,26). The molecule has 0 aliphatic carbocycles. The van der Waals surface area contributed by atoms with E-state index in [0.29, 0.717) is 19.2 Å². The normalized spacial score (nSPS) is 16.1. The number of halogens is 4. The highest BCUT2D eigenvalue weighted by atomic mass is 35.5. The van der Waals surface area contributed by atoms with E-state index in [1.807, 2.05) is 0 Å². The molecule has 1 fully saturated rings. The first-order chi connectivity index (χ1) is 12.3. The number of aromatic carboxylic acids is 1. The number of carbonyl (C=O) groups excluding carboxylic acids is 1. The number of carboxylic acids is 1. The van der Waals surface area contributed by atoms with Crippen molar-refractivity contribution in [3.63, 3.8) is 0 Å². The number of likely N-dealkylation sites (tertiary alicyclic amines) is 1. The third-order valence-corrected chi connectivity index (χ3v) is 4.37. The second-order valence-electron chi connectivity index (χ2n) is 7.64. The number of carbonyl (C=O) groups is 2. The van der Waals surface area contributed by atoms with Crippen molar-refractivity contribution >= 4 is 23.5 Å². The summed E-state index contributed by atoms with van der Waals surface area (Å²) in [6.45, 7) is 6.10. The fourth-order valence-electron chi connectivity index (χ4n) is 2.95. The van der Waals surface area contributed by atoms with Crippen molar-refractivity contribution in [2.45, 2.75) is 45.5 Å². The van der Waals surface area contributed by atoms with Gasteiger partial charge in [-0.2, -0.15) is 13.2 Å². The molecular formula is C18H21ClF3NO4. The summed E-state index contributed by atoms with van der Waals surface area (Å²) in [5, 5.41) is 8.71. The van der Waals surface area contributed by atoms with Gasteiger partial charge >= 0.3 is 18.1 Å². The van der Waals surface area contributed by atoms with Crippen molar-refractivity contribution in [2.75, 3.05) is 13.1 Å². The second kappa shape index (κ2) is 7.67. The van der Waals surface area contributed by atoms with Crippen LogP contribution in [0.3, 0.4) is 0 Å². The topological polar surface area (TPSA) is 66.8 Å². The van der Waals surface area contributed by atoms with E-state index < -0.39 is 28.9 Å². The van der Waals surface area contributed by atoms with Gasteiger partial charge in [0.1, 0.15) is 5.60 Å². The molecule has 1 aromatic carbocycles. The van der Waals surface area contributed by atoms with Crippen LogP contribution in [0.4, 0.5) is 13.2 Å². The third-order valence-electron chi connectivity index (χ3n) is 4.04. The molecule has 1 aliphatic heterocycles. The van der Waals surface area contributed by atoms with Crippen LogP contribution >= 0.6 is 11.6 Å². The lowest BCUT2D eigenvalue weighted by molar-refractivity contribution is -0.157. The molecule has 27 heavy (non-hydrogen) atoms. The Labute approximate surface area is 160 Å². The van der Waals surface area contributed by atoms with Crippen LogP contribution in [0.1, 0.15) is 48.7 Å². The molecule has 5 nitrogen and oxygen atoms in total. The van der Waals surface area contributed by atoms with Crippen LogP contribution in [-0.2, 0) is 22.3 Å². The largest absolute Gasteiger partial charge is 0.478 e. The number of rotatable bonds is 5. The van der Waals surface area contributed by atoms with Crippen molar-refractivity contribution in [1.29, 1.82) is 0 Å². The molecule has 0 saturated carbocycles. The van der Waals surface area contributed by atoms with E-state index >= 15 is 0 Å². The lowest BCUT2D eigenvalue weighted by atomic mass is 9.94. The lowest BCUT2D eigenvalue weighted by Gasteiger charge is -2.39. The van der Waals surface area contributed by atoms with Crippen molar-refractivity contribution in [1.82, 2.24) is 4.90 Å². The maximum atomic E-state index is 13.3. The number of benzene rings is 1. The van der Waals surface area contributed by atoms with Gasteiger partial charge in [-0.25, -0.2) is 4.79 Å². The Morgan fingerprint density at radius 3 is 2.33 bits per heavy atom. The lowest BCUT2D eigenvalue weighted by Crippen LogP contribution is -2.47. The molecule has 0 unspecified atom stereocenters. The fourth-order valence-corrected chi connectivity index (χ4v) is 3.23. The summed E-state index contributed by atoms with van der Waals surface area (Å²) < 4.78 is 45.2. The molecule has 1 aromatic rings. The van der Waals surface area contributed by atoms with E-state index in [1.165, 1.54) is 0 Å². The fraction of sp³-hybridized carbons (Fsp3) is 0.556. The summed E-state index contributed by atoms with van der Waals surface area (Å²) in [7, 11) is 0. The minimum atomic E-state index is -4.72. The molecule has 2 rings (SSSR count). The summed E-state index contributed by atoms with van der Waals surface area (Å²) in [5.41, 5.74) is -2.31. The van der Waals surface area contributed by atoms with Gasteiger partial charge < -0.3 is 9.84 Å². The number of alkyl halides is 3. The molecule has 0 amide bonds. The Kier molecular flexibility index (Phi) is 6.11. The van der Waals surface area contributed by atoms with E-state index in [0.717, 1.165) is 6.07 Å². The first kappa shape index (κ1) is 21.5. The van der Waals surface area contributed by atoms with Gasteiger partial charge in [-0.3, -0.25) is 9.69 Å². The Morgan fingerprint density at radius 2 is 1.85 bits per heavy atom. The van der Waals surface area contributed by atoms with Gasteiger partial charge in [0.15, 0.2) is 0 Å². The van der Waals surface area contributed by atoms with Crippen molar-refractivity contribution < 1.29 is 32.6 Å². The van der Waals surface area contributed by atoms with E-state index in [2.05, 4.69) is 0 Å². The molecule has 9 heteroatoms. The smallest absolute Gasteiger partial charge is 0.416 e. The number of esters is 1. The third kappa shape index (κ3) is 5.84. The maximum Gasteiger partial charge on any atom is 0.416 e. The molecule has 0 radical (unpaired) electrons. The zero-order valence-electron chi connectivity index (χ0n) is 15.2. The van der Waals surface area contributed by atoms with Crippen LogP contribution in [0.15, 0.2) is 12.1 Å². The van der Waals surface area contributed by atoms with Crippen molar-refractivity contribution in [3.8, 4) is 0 Å². The Hall–Kier alpha value is -1.80. The number of hydrogen-bond acceptors (Lipinski definition) is 4. The van der Waals surface area contributed by atoms with Crippen LogP contribution in [0.25, 0.3) is 0 Å². The monoisotopic (exact) mass is 407 g/mol. The molecule has 0 aromatic heterocycles. The van der Waals surface area contributed by atoms with Gasteiger partial charge in [-0.05, 0) is 44.4 Å². The van der Waals surface area contributed by atoms with Crippen molar-refractivity contribution in [2.24, 2.45) is 5.92 Å². The molecule has 150 valence electrons. The number of hydrogen-bond donors (Lipinski definition) is 1. The maximum absolute atomic E-state index is 13.3. The van der Waals surface area contributed by atoms with E-state index in [-0.39, 0.29) is 35.4 Å². The van der Waals surface area contributed by atoms with Gasteiger partial charge in [-0.15, -0.1) is 0 Å². The summed E-state index contributed by atoms with van der Waals surface area (Å²) in [5.74, 6) is -1.81. The van der Waals surface area contributed by atoms with E-state index in [4.69, 9.17) is 21.4 Å². The zero-order chi connectivity index (χ0) is 20.6. The molecule has 1 saturated heterocycles. The summed E-state index contributed by atoms with van der Waals surface area (Å²) in [6, 6.07) is 1.62. The first-order valence-electron chi connectivity index (χ1n) is 8.33. The van der Waals surface area contributed by atoms with Crippen LogP contribution in [-0.4, -0.2) is 40.6 Å². The highest BCUT2D eigenvalue weighted by molar-refractivity contribution is 6.31. The summed E-state index contributed by atoms with van der Waals surface area (Å²) >= 11 is 5.94. The molecule has 0 atom stereocenters. The van der Waals surface area contributed by atoms with Crippen LogP contribution in [0.2, 0.25) is 5.02 Å². The van der Waals surface area contributed by atoms with E-state index in [1.54, 1.807) is 25.7 Å². The van der Waals surface area contributed by atoms with Gasteiger partial charge in [-0.1, -0.05) is 11.6 Å². The molecular weight excluding hydrogens is 387 g/mol. The molecule has 0 spiro atoms. The number of nitrogens with zero attached hydrogens (tertiary/aromatic N) is 1. The van der Waals surface area contributed by atoms with Gasteiger partial charge in [0.2, 0.25) is 0 Å². The van der Waals surface area contributed by atoms with Crippen LogP contribution in [0, 0.1) is 5.92 Å². The van der Waals surface area contributed by atoms with Gasteiger partial charge in [0.25, 0.3) is 0 Å². The number of carboxylic acid groups (broad SMARTS) is 1. The quantitative estimate of drug-likeness (QED) is 0.740.